The number of aryl methyl sites for hydroxylation is 1. The van der Waals surface area contributed by atoms with Gasteiger partial charge in [-0.15, -0.1) is 11.3 Å². The number of aliphatic hydroxyl groups excluding tert-OH is 1. The molecule has 1 aromatic carbocycles. The van der Waals surface area contributed by atoms with E-state index in [1.165, 1.54) is 24.3 Å². The number of aliphatic hydroxyl groups is 1. The maximum Gasteiger partial charge on any atom is 0.135 e. The standard InChI is InChI=1S/C15H17F2NOS/c1-8-5-6-9(16)11(12(8)17)13(19)10-7-20-14(18-10)15(2,3)4/h5-7,13,19H,1-4H3. The maximum atomic E-state index is 14.0. The number of hydrogen-bond acceptors (Lipinski definition) is 3. The van der Waals surface area contributed by atoms with Crippen LogP contribution in [0.1, 0.15) is 48.7 Å². The van der Waals surface area contributed by atoms with E-state index in [4.69, 9.17) is 0 Å². The Morgan fingerprint density at radius 2 is 1.90 bits per heavy atom. The Balaban J connectivity index is 2.44. The van der Waals surface area contributed by atoms with Gasteiger partial charge < -0.3 is 5.11 Å². The number of halogens is 2. The van der Waals surface area contributed by atoms with Crippen molar-refractivity contribution < 1.29 is 13.9 Å². The first-order valence-corrected chi connectivity index (χ1v) is 7.18. The summed E-state index contributed by atoms with van der Waals surface area (Å²) in [4.78, 5) is 4.30. The first-order chi connectivity index (χ1) is 9.21. The van der Waals surface area contributed by atoms with Gasteiger partial charge in [-0.1, -0.05) is 26.8 Å². The molecule has 0 aliphatic rings. The van der Waals surface area contributed by atoms with E-state index in [-0.39, 0.29) is 16.7 Å². The van der Waals surface area contributed by atoms with Gasteiger partial charge in [0.25, 0.3) is 0 Å². The van der Waals surface area contributed by atoms with Crippen molar-refractivity contribution in [2.45, 2.75) is 39.2 Å². The summed E-state index contributed by atoms with van der Waals surface area (Å²) in [5.41, 5.74) is 0.0811. The predicted octanol–water partition coefficient (Wildman–Crippen LogP) is 4.11. The van der Waals surface area contributed by atoms with Crippen LogP contribution in [-0.2, 0) is 5.41 Å². The summed E-state index contributed by atoms with van der Waals surface area (Å²) in [6, 6.07) is 2.51. The summed E-state index contributed by atoms with van der Waals surface area (Å²) < 4.78 is 27.8. The van der Waals surface area contributed by atoms with E-state index in [2.05, 4.69) is 4.98 Å². The molecule has 1 unspecified atom stereocenters. The Morgan fingerprint density at radius 3 is 2.45 bits per heavy atom. The molecule has 0 radical (unpaired) electrons. The third-order valence-corrected chi connectivity index (χ3v) is 4.32. The molecular formula is C15H17F2NOS. The highest BCUT2D eigenvalue weighted by atomic mass is 32.1. The van der Waals surface area contributed by atoms with Crippen LogP contribution in [0.5, 0.6) is 0 Å². The van der Waals surface area contributed by atoms with Crippen LogP contribution in [0, 0.1) is 18.6 Å². The van der Waals surface area contributed by atoms with Gasteiger partial charge >= 0.3 is 0 Å². The molecule has 2 rings (SSSR count). The summed E-state index contributed by atoms with van der Waals surface area (Å²) in [6.45, 7) is 7.52. The van der Waals surface area contributed by atoms with Crippen molar-refractivity contribution >= 4 is 11.3 Å². The van der Waals surface area contributed by atoms with Crippen LogP contribution in [0.3, 0.4) is 0 Å². The lowest BCUT2D eigenvalue weighted by molar-refractivity contribution is 0.204. The lowest BCUT2D eigenvalue weighted by Gasteiger charge is -2.15. The third-order valence-electron chi connectivity index (χ3n) is 3.04. The lowest BCUT2D eigenvalue weighted by atomic mass is 9.98. The molecule has 1 aromatic heterocycles. The molecule has 1 N–H and O–H groups in total. The summed E-state index contributed by atoms with van der Waals surface area (Å²) in [7, 11) is 0. The van der Waals surface area contributed by atoms with Crippen LogP contribution in [-0.4, -0.2) is 10.1 Å². The second-order valence-corrected chi connectivity index (χ2v) is 6.68. The van der Waals surface area contributed by atoms with Crippen molar-refractivity contribution in [3.63, 3.8) is 0 Å². The van der Waals surface area contributed by atoms with E-state index in [9.17, 15) is 13.9 Å². The van der Waals surface area contributed by atoms with Crippen LogP contribution >= 0.6 is 11.3 Å². The zero-order valence-corrected chi connectivity index (χ0v) is 12.7. The Bertz CT molecular complexity index is 631. The van der Waals surface area contributed by atoms with Gasteiger partial charge in [-0.25, -0.2) is 13.8 Å². The van der Waals surface area contributed by atoms with Crippen LogP contribution < -0.4 is 0 Å². The van der Waals surface area contributed by atoms with E-state index >= 15 is 0 Å². The highest BCUT2D eigenvalue weighted by molar-refractivity contribution is 7.09. The zero-order valence-electron chi connectivity index (χ0n) is 11.9. The fraction of sp³-hybridized carbons (Fsp3) is 0.400. The minimum Gasteiger partial charge on any atom is -0.382 e. The Morgan fingerprint density at radius 1 is 1.25 bits per heavy atom. The molecule has 0 aliphatic carbocycles. The van der Waals surface area contributed by atoms with E-state index < -0.39 is 17.7 Å². The summed E-state index contributed by atoms with van der Waals surface area (Å²) in [5, 5.41) is 12.7. The monoisotopic (exact) mass is 297 g/mol. The van der Waals surface area contributed by atoms with Gasteiger partial charge in [-0.05, 0) is 18.6 Å². The molecule has 0 fully saturated rings. The molecular weight excluding hydrogens is 280 g/mol. The molecule has 0 amide bonds. The molecule has 5 heteroatoms. The molecule has 0 bridgehead atoms. The van der Waals surface area contributed by atoms with Crippen molar-refractivity contribution in [3.8, 4) is 0 Å². The van der Waals surface area contributed by atoms with Crippen LogP contribution in [0.15, 0.2) is 17.5 Å². The fourth-order valence-electron chi connectivity index (χ4n) is 1.83. The fourth-order valence-corrected chi connectivity index (χ4v) is 2.76. The van der Waals surface area contributed by atoms with E-state index in [0.717, 1.165) is 11.1 Å². The number of hydrogen-bond donors (Lipinski definition) is 1. The SMILES string of the molecule is Cc1ccc(F)c(C(O)c2csc(C(C)(C)C)n2)c1F. The van der Waals surface area contributed by atoms with Gasteiger partial charge in [-0.3, -0.25) is 0 Å². The molecule has 20 heavy (non-hydrogen) atoms. The quantitative estimate of drug-likeness (QED) is 0.905. The van der Waals surface area contributed by atoms with Gasteiger partial charge in [0.1, 0.15) is 17.7 Å². The van der Waals surface area contributed by atoms with Crippen molar-refractivity contribution in [2.75, 3.05) is 0 Å². The van der Waals surface area contributed by atoms with Gasteiger partial charge in [0, 0.05) is 10.8 Å². The van der Waals surface area contributed by atoms with Crippen LogP contribution in [0.2, 0.25) is 0 Å². The Hall–Kier alpha value is -1.33. The second-order valence-electron chi connectivity index (χ2n) is 5.82. The molecule has 0 spiro atoms. The topological polar surface area (TPSA) is 33.1 Å². The summed E-state index contributed by atoms with van der Waals surface area (Å²) in [5.74, 6) is -1.48. The normalized spacial score (nSPS) is 13.6. The third kappa shape index (κ3) is 2.74. The highest BCUT2D eigenvalue weighted by Crippen LogP contribution is 2.32. The van der Waals surface area contributed by atoms with Gasteiger partial charge in [0.05, 0.1) is 16.3 Å². The first kappa shape index (κ1) is 15.1. The zero-order chi connectivity index (χ0) is 15.1. The van der Waals surface area contributed by atoms with Crippen LogP contribution in [0.25, 0.3) is 0 Å². The summed E-state index contributed by atoms with van der Waals surface area (Å²) in [6.07, 6.45) is -1.39. The molecule has 0 saturated carbocycles. The van der Waals surface area contributed by atoms with E-state index in [1.54, 1.807) is 5.38 Å². The highest BCUT2D eigenvalue weighted by Gasteiger charge is 2.25. The Labute approximate surface area is 121 Å². The smallest absolute Gasteiger partial charge is 0.135 e. The maximum absolute atomic E-state index is 14.0. The molecule has 108 valence electrons. The Kier molecular flexibility index (Phi) is 3.93. The molecule has 1 heterocycles. The minimum atomic E-state index is -1.39. The van der Waals surface area contributed by atoms with Gasteiger partial charge in [0.15, 0.2) is 0 Å². The van der Waals surface area contributed by atoms with Crippen LogP contribution in [0.4, 0.5) is 8.78 Å². The van der Waals surface area contributed by atoms with Crippen molar-refractivity contribution in [1.82, 2.24) is 4.98 Å². The largest absolute Gasteiger partial charge is 0.382 e. The average molecular weight is 297 g/mol. The van der Waals surface area contributed by atoms with E-state index in [0.29, 0.717) is 5.56 Å². The number of benzene rings is 1. The molecule has 0 aliphatic heterocycles. The van der Waals surface area contributed by atoms with Crippen molar-refractivity contribution in [3.05, 3.63) is 51.0 Å². The number of nitrogens with zero attached hydrogens (tertiary/aromatic N) is 1. The number of rotatable bonds is 2. The van der Waals surface area contributed by atoms with E-state index in [1.807, 2.05) is 20.8 Å². The molecule has 0 saturated heterocycles. The summed E-state index contributed by atoms with van der Waals surface area (Å²) >= 11 is 1.38. The predicted molar refractivity (Wildman–Crippen MR) is 76.0 cm³/mol. The first-order valence-electron chi connectivity index (χ1n) is 6.30. The van der Waals surface area contributed by atoms with Gasteiger partial charge in [0.2, 0.25) is 0 Å². The van der Waals surface area contributed by atoms with Crippen molar-refractivity contribution in [1.29, 1.82) is 0 Å². The van der Waals surface area contributed by atoms with Crippen molar-refractivity contribution in [2.24, 2.45) is 0 Å². The molecule has 2 nitrogen and oxygen atoms in total. The molecule has 2 aromatic rings. The van der Waals surface area contributed by atoms with Gasteiger partial charge in [-0.2, -0.15) is 0 Å². The molecule has 1 atom stereocenters. The number of aromatic nitrogens is 1. The second kappa shape index (κ2) is 5.22. The number of thiazole rings is 1. The lowest BCUT2D eigenvalue weighted by Crippen LogP contribution is -2.12. The average Bonchev–Trinajstić information content (AvgIpc) is 2.83. The minimum absolute atomic E-state index is 0.160.